The molecule has 1 saturated heterocycles. The van der Waals surface area contributed by atoms with Crippen LogP contribution < -0.4 is 20.5 Å². The van der Waals surface area contributed by atoms with Crippen LogP contribution in [0.2, 0.25) is 0 Å². The van der Waals surface area contributed by atoms with Gasteiger partial charge in [-0.25, -0.2) is 19.3 Å². The fourth-order valence-electron chi connectivity index (χ4n) is 4.51. The van der Waals surface area contributed by atoms with Crippen LogP contribution >= 0.6 is 10.5 Å². The maximum atomic E-state index is 15.2. The second-order valence-electron chi connectivity index (χ2n) is 9.08. The number of rotatable bonds is 4. The van der Waals surface area contributed by atoms with Crippen LogP contribution in [0.1, 0.15) is 56.2 Å². The fourth-order valence-corrected chi connectivity index (χ4v) is 7.94. The predicted molar refractivity (Wildman–Crippen MR) is 130 cm³/mol. The number of anilines is 1. The maximum absolute atomic E-state index is 15.2. The van der Waals surface area contributed by atoms with E-state index in [0.29, 0.717) is 13.0 Å². The second-order valence-corrected chi connectivity index (χ2v) is 12.2. The topological polar surface area (TPSA) is 148 Å². The Balaban J connectivity index is 1.73. The first-order chi connectivity index (χ1) is 16.0. The highest BCUT2D eigenvalue weighted by atomic mass is 32.3. The average Bonchev–Trinajstić information content (AvgIpc) is 3.02. The molecule has 2 aromatic rings. The molecule has 2 aliphatic rings. The van der Waals surface area contributed by atoms with Crippen molar-refractivity contribution in [1.29, 1.82) is 0 Å². The molecule has 0 spiro atoms. The van der Waals surface area contributed by atoms with Crippen molar-refractivity contribution in [3.8, 4) is 5.88 Å². The summed E-state index contributed by atoms with van der Waals surface area (Å²) < 4.78 is 34.7. The average molecular weight is 492 g/mol. The van der Waals surface area contributed by atoms with Crippen LogP contribution in [0.15, 0.2) is 29.5 Å². The Morgan fingerprint density at radius 1 is 1.29 bits per heavy atom. The van der Waals surface area contributed by atoms with Crippen molar-refractivity contribution in [3.63, 3.8) is 0 Å². The molecular formula is C22H30FN7O3S. The molecule has 1 amide bonds. The Morgan fingerprint density at radius 3 is 2.74 bits per heavy atom. The molecule has 184 valence electrons. The number of aliphatic imine (C=N–C) groups is 1. The van der Waals surface area contributed by atoms with Crippen LogP contribution in [0, 0.1) is 5.82 Å². The van der Waals surface area contributed by atoms with Crippen molar-refractivity contribution < 1.29 is 18.5 Å². The minimum absolute atomic E-state index is 0.0178. The summed E-state index contributed by atoms with van der Waals surface area (Å²) in [5.74, 6) is -0.515. The molecule has 5 N–H and O–H groups in total. The summed E-state index contributed by atoms with van der Waals surface area (Å²) in [4.78, 5) is 29.8. The Morgan fingerprint density at radius 2 is 2.06 bits per heavy atom. The third kappa shape index (κ3) is 3.89. The number of nitrogens with two attached hydrogens (primary N) is 1. The van der Waals surface area contributed by atoms with Gasteiger partial charge in [0.2, 0.25) is 5.88 Å². The van der Waals surface area contributed by atoms with Crippen molar-refractivity contribution in [2.24, 2.45) is 10.7 Å². The number of ether oxygens (including phenoxy) is 1. The number of methoxy groups -OCH3 is 1. The molecule has 0 bridgehead atoms. The number of fused-ring (bicyclic) bond motifs is 1. The number of hydrogen-bond donors (Lipinski definition) is 4. The first-order valence-corrected chi connectivity index (χ1v) is 12.7. The van der Waals surface area contributed by atoms with Crippen LogP contribution in [0.25, 0.3) is 0 Å². The van der Waals surface area contributed by atoms with E-state index in [0.717, 1.165) is 12.8 Å². The van der Waals surface area contributed by atoms with Gasteiger partial charge in [-0.2, -0.15) is 0 Å². The summed E-state index contributed by atoms with van der Waals surface area (Å²) in [6.45, 7) is 6.12. The number of hydrogen-bond acceptors (Lipinski definition) is 9. The Labute approximate surface area is 199 Å². The number of nitrogens with zero attached hydrogens (tertiary/aromatic N) is 4. The summed E-state index contributed by atoms with van der Waals surface area (Å²) >= 11 is 0. The van der Waals surface area contributed by atoms with Gasteiger partial charge in [0.25, 0.3) is 5.91 Å². The van der Waals surface area contributed by atoms with E-state index in [9.17, 15) is 9.35 Å². The van der Waals surface area contributed by atoms with Crippen LogP contribution in [0.4, 0.5) is 10.2 Å². The molecule has 1 fully saturated rings. The highest BCUT2D eigenvalue weighted by Crippen LogP contribution is 2.66. The number of halogens is 1. The van der Waals surface area contributed by atoms with Crippen molar-refractivity contribution in [2.45, 2.75) is 55.6 Å². The van der Waals surface area contributed by atoms with Crippen molar-refractivity contribution in [1.82, 2.24) is 19.7 Å². The summed E-state index contributed by atoms with van der Waals surface area (Å²) in [6.07, 6.45) is 4.96. The zero-order chi connectivity index (χ0) is 24.7. The molecule has 0 saturated carbocycles. The highest BCUT2D eigenvalue weighted by Gasteiger charge is 2.59. The maximum Gasteiger partial charge on any atom is 0.277 e. The number of amides is 1. The second kappa shape index (κ2) is 8.75. The number of amidine groups is 1. The Bertz CT molecular complexity index is 1130. The van der Waals surface area contributed by atoms with Crippen molar-refractivity contribution >= 4 is 28.1 Å². The molecule has 34 heavy (non-hydrogen) atoms. The molecule has 2 aliphatic heterocycles. The van der Waals surface area contributed by atoms with Gasteiger partial charge in [-0.1, -0.05) is 16.9 Å². The first kappa shape index (κ1) is 24.3. The molecule has 3 atom stereocenters. The summed E-state index contributed by atoms with van der Waals surface area (Å²) in [7, 11) is -1.09. The van der Waals surface area contributed by atoms with E-state index in [-0.39, 0.29) is 28.9 Å². The Hall–Kier alpha value is -2.83. The standard InChI is InChI=1S/C22H30FN7O3S/c1-21(2)20(24)30-22(3,15-7-5-6-10-27-34(15,21)32)18-13(23)8-9-16(28-18)29-19(31)14-11-26-17(33-4)12-25-14/h8-9,11-12,15,27,32H,5-7,10H2,1-4H3,(H2,24,30)(H,28,29,31)/t15-,22-/m0/s1. The SMILES string of the molecule is COc1cnc(C(=O)Nc2ccc(F)c([C@@]3(C)N=C(N)C(C)(C)S4(O)NCCCC[C@@H]34)n2)cn1. The van der Waals surface area contributed by atoms with E-state index in [1.54, 1.807) is 6.92 Å². The largest absolute Gasteiger partial charge is 0.480 e. The van der Waals surface area contributed by atoms with Gasteiger partial charge in [0.1, 0.15) is 34.4 Å². The fraction of sp³-hybridized carbons (Fsp3) is 0.500. The molecule has 0 aliphatic carbocycles. The summed E-state index contributed by atoms with van der Waals surface area (Å²) in [6, 6.07) is 2.59. The van der Waals surface area contributed by atoms with E-state index in [1.807, 2.05) is 13.8 Å². The Kier molecular flexibility index (Phi) is 6.25. The molecule has 1 unspecified atom stereocenters. The van der Waals surface area contributed by atoms with Crippen LogP contribution in [0.5, 0.6) is 5.88 Å². The molecule has 2 aromatic heterocycles. The molecule has 12 heteroatoms. The van der Waals surface area contributed by atoms with Crippen molar-refractivity contribution in [3.05, 3.63) is 41.7 Å². The number of nitrogens with one attached hydrogen (secondary N) is 2. The molecular weight excluding hydrogens is 461 g/mol. The molecule has 4 rings (SSSR count). The predicted octanol–water partition coefficient (Wildman–Crippen LogP) is 2.97. The van der Waals surface area contributed by atoms with E-state index in [2.05, 4.69) is 25.0 Å². The number of pyridine rings is 1. The lowest BCUT2D eigenvalue weighted by molar-refractivity contribution is 0.102. The van der Waals surface area contributed by atoms with Gasteiger partial charge in [0.15, 0.2) is 0 Å². The monoisotopic (exact) mass is 491 g/mol. The lowest BCUT2D eigenvalue weighted by Gasteiger charge is -2.58. The first-order valence-electron chi connectivity index (χ1n) is 11.0. The van der Waals surface area contributed by atoms with Gasteiger partial charge in [-0.15, -0.1) is 0 Å². The van der Waals surface area contributed by atoms with E-state index in [1.165, 1.54) is 31.6 Å². The van der Waals surface area contributed by atoms with Crippen molar-refractivity contribution in [2.75, 3.05) is 19.0 Å². The van der Waals surface area contributed by atoms with Gasteiger partial charge in [0, 0.05) is 6.54 Å². The lowest BCUT2D eigenvalue weighted by atomic mass is 9.88. The van der Waals surface area contributed by atoms with Gasteiger partial charge >= 0.3 is 0 Å². The lowest BCUT2D eigenvalue weighted by Crippen LogP contribution is -2.60. The third-order valence-corrected chi connectivity index (χ3v) is 10.6. The normalized spacial score (nSPS) is 30.2. The van der Waals surface area contributed by atoms with Gasteiger partial charge in [0.05, 0.1) is 29.5 Å². The molecule has 0 aromatic carbocycles. The highest BCUT2D eigenvalue weighted by molar-refractivity contribution is 8.29. The number of carbonyl (C=O) groups excluding carboxylic acids is 1. The van der Waals surface area contributed by atoms with E-state index in [4.69, 9.17) is 15.5 Å². The van der Waals surface area contributed by atoms with Crippen LogP contribution in [-0.4, -0.2) is 54.9 Å². The number of carbonyl (C=O) groups is 1. The quantitative estimate of drug-likeness (QED) is 0.510. The van der Waals surface area contributed by atoms with Gasteiger partial charge in [-0.05, 0) is 45.7 Å². The smallest absolute Gasteiger partial charge is 0.277 e. The minimum Gasteiger partial charge on any atom is -0.480 e. The van der Waals surface area contributed by atoms with Crippen LogP contribution in [-0.2, 0) is 5.54 Å². The van der Waals surface area contributed by atoms with E-state index < -0.39 is 37.8 Å². The molecule has 0 radical (unpaired) electrons. The molecule has 4 heterocycles. The van der Waals surface area contributed by atoms with Gasteiger partial charge in [-0.3, -0.25) is 14.5 Å². The van der Waals surface area contributed by atoms with Crippen LogP contribution in [0.3, 0.4) is 0 Å². The van der Waals surface area contributed by atoms with E-state index >= 15 is 4.39 Å². The minimum atomic E-state index is -2.53. The summed E-state index contributed by atoms with van der Waals surface area (Å²) in [5.41, 5.74) is 5.20. The summed E-state index contributed by atoms with van der Waals surface area (Å²) in [5, 5.41) is 2.20. The third-order valence-electron chi connectivity index (χ3n) is 6.64. The van der Waals surface area contributed by atoms with Gasteiger partial charge < -0.3 is 20.3 Å². The zero-order valence-electron chi connectivity index (χ0n) is 19.6. The number of aromatic nitrogens is 3. The molecule has 10 nitrogen and oxygen atoms in total. The zero-order valence-corrected chi connectivity index (χ0v) is 20.4.